The second-order valence-corrected chi connectivity index (χ2v) is 5.96. The minimum absolute atomic E-state index is 0.0426. The smallest absolute Gasteiger partial charge is 0.258 e. The van der Waals surface area contributed by atoms with E-state index in [1.165, 1.54) is 0 Å². The van der Waals surface area contributed by atoms with Gasteiger partial charge in [-0.2, -0.15) is 0 Å². The number of ether oxygens (including phenoxy) is 2. The zero-order valence-corrected chi connectivity index (χ0v) is 15.1. The van der Waals surface area contributed by atoms with Gasteiger partial charge in [0.2, 0.25) is 0 Å². The zero-order chi connectivity index (χ0) is 18.4. The molecule has 0 fully saturated rings. The topological polar surface area (TPSA) is 65.4 Å². The molecule has 0 spiro atoms. The molecule has 0 saturated heterocycles. The van der Waals surface area contributed by atoms with Crippen LogP contribution in [0.25, 0.3) is 11.0 Å². The van der Waals surface area contributed by atoms with Crippen LogP contribution in [0.1, 0.15) is 19.2 Å². The summed E-state index contributed by atoms with van der Waals surface area (Å²) in [5.74, 6) is 2.04. The molecule has 0 unspecified atom stereocenters. The fourth-order valence-electron chi connectivity index (χ4n) is 2.58. The molecular weight excluding hydrogens is 330 g/mol. The molecule has 0 radical (unpaired) electrons. The summed E-state index contributed by atoms with van der Waals surface area (Å²) >= 11 is 0. The second-order valence-electron chi connectivity index (χ2n) is 5.96. The molecule has 0 bridgehead atoms. The number of nitrogens with one attached hydrogen (secondary N) is 1. The molecule has 0 saturated carbocycles. The van der Waals surface area contributed by atoms with Crippen molar-refractivity contribution in [3.8, 4) is 11.5 Å². The van der Waals surface area contributed by atoms with Crippen LogP contribution in [0, 0.1) is 0 Å². The first kappa shape index (κ1) is 17.8. The van der Waals surface area contributed by atoms with E-state index in [0.717, 1.165) is 29.0 Å². The lowest BCUT2D eigenvalue weighted by molar-refractivity contribution is -0.123. The van der Waals surface area contributed by atoms with Gasteiger partial charge in [0.15, 0.2) is 6.61 Å². The number of hydrogen-bond acceptors (Lipinski definition) is 4. The van der Waals surface area contributed by atoms with Gasteiger partial charge in [0.1, 0.15) is 17.3 Å². The third-order valence-electron chi connectivity index (χ3n) is 3.99. The maximum Gasteiger partial charge on any atom is 0.258 e. The second kappa shape index (κ2) is 8.38. The van der Waals surface area contributed by atoms with Gasteiger partial charge in [-0.15, -0.1) is 0 Å². The van der Waals surface area contributed by atoms with Gasteiger partial charge in [-0.3, -0.25) is 4.79 Å². The van der Waals surface area contributed by atoms with Crippen molar-refractivity contribution in [1.82, 2.24) is 14.9 Å². The van der Waals surface area contributed by atoms with Crippen LogP contribution in [0.3, 0.4) is 0 Å². The Hall–Kier alpha value is -3.02. The van der Waals surface area contributed by atoms with E-state index in [4.69, 9.17) is 9.47 Å². The van der Waals surface area contributed by atoms with Gasteiger partial charge in [-0.1, -0.05) is 19.1 Å². The lowest BCUT2D eigenvalue weighted by Crippen LogP contribution is -2.29. The van der Waals surface area contributed by atoms with Crippen molar-refractivity contribution >= 4 is 16.9 Å². The van der Waals surface area contributed by atoms with Crippen LogP contribution in [-0.2, 0) is 18.4 Å². The monoisotopic (exact) mass is 353 g/mol. The molecule has 0 atom stereocenters. The Bertz CT molecular complexity index is 872. The van der Waals surface area contributed by atoms with Crippen LogP contribution in [-0.4, -0.2) is 28.7 Å². The molecule has 3 rings (SSSR count). The summed E-state index contributed by atoms with van der Waals surface area (Å²) < 4.78 is 13.0. The summed E-state index contributed by atoms with van der Waals surface area (Å²) in [6.07, 6.45) is 0.962. The number of nitrogens with zero attached hydrogens (tertiary/aromatic N) is 2. The van der Waals surface area contributed by atoms with Crippen LogP contribution < -0.4 is 14.8 Å². The van der Waals surface area contributed by atoms with Crippen LogP contribution in [0.5, 0.6) is 11.5 Å². The molecule has 2 aromatic carbocycles. The summed E-state index contributed by atoms with van der Waals surface area (Å²) in [6.45, 7) is 3.06. The van der Waals surface area contributed by atoms with E-state index in [0.29, 0.717) is 18.9 Å². The molecule has 1 aromatic heterocycles. The van der Waals surface area contributed by atoms with Gasteiger partial charge < -0.3 is 19.4 Å². The van der Waals surface area contributed by atoms with Crippen molar-refractivity contribution < 1.29 is 14.3 Å². The van der Waals surface area contributed by atoms with Gasteiger partial charge in [0, 0.05) is 7.05 Å². The van der Waals surface area contributed by atoms with Crippen molar-refractivity contribution in [3.63, 3.8) is 0 Å². The van der Waals surface area contributed by atoms with E-state index in [-0.39, 0.29) is 12.5 Å². The molecule has 1 heterocycles. The molecule has 6 nitrogen and oxygen atoms in total. The highest BCUT2D eigenvalue weighted by molar-refractivity contribution is 5.78. The summed E-state index contributed by atoms with van der Waals surface area (Å²) in [5, 5.41) is 2.84. The average Bonchev–Trinajstić information content (AvgIpc) is 3.00. The van der Waals surface area contributed by atoms with E-state index < -0.39 is 0 Å². The number of fused-ring (bicyclic) bond motifs is 1. The third kappa shape index (κ3) is 4.33. The van der Waals surface area contributed by atoms with E-state index in [1.807, 2.05) is 48.0 Å². The average molecular weight is 353 g/mol. The van der Waals surface area contributed by atoms with Crippen LogP contribution in [0.15, 0.2) is 48.5 Å². The first-order chi connectivity index (χ1) is 12.7. The first-order valence-electron chi connectivity index (χ1n) is 8.70. The predicted molar refractivity (Wildman–Crippen MR) is 100 cm³/mol. The number of hydrogen-bond donors (Lipinski definition) is 1. The Morgan fingerprint density at radius 2 is 1.77 bits per heavy atom. The fraction of sp³-hybridized carbons (Fsp3) is 0.300. The molecule has 3 aromatic rings. The van der Waals surface area contributed by atoms with E-state index >= 15 is 0 Å². The third-order valence-corrected chi connectivity index (χ3v) is 3.99. The van der Waals surface area contributed by atoms with Crippen molar-refractivity contribution in [2.24, 2.45) is 7.05 Å². The Balaban J connectivity index is 1.48. The van der Waals surface area contributed by atoms with Crippen LogP contribution >= 0.6 is 0 Å². The Labute approximate surface area is 152 Å². The molecule has 1 N–H and O–H groups in total. The lowest BCUT2D eigenvalue weighted by atomic mass is 10.3. The standard InChI is InChI=1S/C20H23N3O3/c1-3-12-25-15-8-10-16(11-9-15)26-14-20(24)21-13-19-22-17-6-4-5-7-18(17)23(19)2/h4-11H,3,12-14H2,1-2H3,(H,21,24). The molecule has 0 aliphatic rings. The SMILES string of the molecule is CCCOc1ccc(OCC(=O)NCc2nc3ccccc3n2C)cc1. The first-order valence-corrected chi connectivity index (χ1v) is 8.70. The zero-order valence-electron chi connectivity index (χ0n) is 15.1. The summed E-state index contributed by atoms with van der Waals surface area (Å²) in [4.78, 5) is 16.6. The maximum absolute atomic E-state index is 12.0. The van der Waals surface area contributed by atoms with Crippen molar-refractivity contribution in [3.05, 3.63) is 54.4 Å². The molecule has 1 amide bonds. The number of rotatable bonds is 8. The number of amides is 1. The number of aromatic nitrogens is 2. The number of carbonyl (C=O) groups is 1. The van der Waals surface area contributed by atoms with Crippen molar-refractivity contribution in [1.29, 1.82) is 0 Å². The Morgan fingerprint density at radius 3 is 2.46 bits per heavy atom. The number of benzene rings is 2. The van der Waals surface area contributed by atoms with Crippen molar-refractivity contribution in [2.75, 3.05) is 13.2 Å². The van der Waals surface area contributed by atoms with E-state index in [1.54, 1.807) is 12.1 Å². The van der Waals surface area contributed by atoms with E-state index in [2.05, 4.69) is 17.2 Å². The van der Waals surface area contributed by atoms with Gasteiger partial charge in [0.05, 0.1) is 24.2 Å². The van der Waals surface area contributed by atoms with Crippen molar-refractivity contribution in [2.45, 2.75) is 19.9 Å². The molecular formula is C20H23N3O3. The molecule has 6 heteroatoms. The highest BCUT2D eigenvalue weighted by Gasteiger charge is 2.09. The Morgan fingerprint density at radius 1 is 1.08 bits per heavy atom. The molecule has 0 aliphatic carbocycles. The molecule has 136 valence electrons. The van der Waals surface area contributed by atoms with Crippen LogP contribution in [0.4, 0.5) is 0 Å². The van der Waals surface area contributed by atoms with Gasteiger partial charge >= 0.3 is 0 Å². The highest BCUT2D eigenvalue weighted by atomic mass is 16.5. The number of aryl methyl sites for hydroxylation is 1. The van der Waals surface area contributed by atoms with Gasteiger partial charge in [0.25, 0.3) is 5.91 Å². The van der Waals surface area contributed by atoms with E-state index in [9.17, 15) is 4.79 Å². The number of imidazole rings is 1. The normalized spacial score (nSPS) is 10.7. The van der Waals surface area contributed by atoms with Gasteiger partial charge in [-0.25, -0.2) is 4.98 Å². The summed E-state index contributed by atoms with van der Waals surface area (Å²) in [7, 11) is 1.94. The highest BCUT2D eigenvalue weighted by Crippen LogP contribution is 2.17. The van der Waals surface area contributed by atoms with Crippen LogP contribution in [0.2, 0.25) is 0 Å². The molecule has 0 aliphatic heterocycles. The predicted octanol–water partition coefficient (Wildman–Crippen LogP) is 3.06. The Kier molecular flexibility index (Phi) is 5.73. The number of carbonyl (C=O) groups excluding carboxylic acids is 1. The molecule has 26 heavy (non-hydrogen) atoms. The minimum atomic E-state index is -0.191. The minimum Gasteiger partial charge on any atom is -0.494 e. The summed E-state index contributed by atoms with van der Waals surface area (Å²) in [6, 6.07) is 15.1. The van der Waals surface area contributed by atoms with Gasteiger partial charge in [-0.05, 0) is 42.8 Å². The lowest BCUT2D eigenvalue weighted by Gasteiger charge is -2.09. The summed E-state index contributed by atoms with van der Waals surface area (Å²) in [5.41, 5.74) is 1.96. The number of para-hydroxylation sites is 2. The largest absolute Gasteiger partial charge is 0.494 e. The maximum atomic E-state index is 12.0. The quantitative estimate of drug-likeness (QED) is 0.676. The fourth-order valence-corrected chi connectivity index (χ4v) is 2.58.